The fourth-order valence-corrected chi connectivity index (χ4v) is 2.10. The zero-order chi connectivity index (χ0) is 12.2. The number of hydrogen-bond donors (Lipinski definition) is 0. The Morgan fingerprint density at radius 2 is 1.81 bits per heavy atom. The molecule has 0 bridgehead atoms. The molecule has 0 saturated carbocycles. The lowest BCUT2D eigenvalue weighted by Crippen LogP contribution is -2.22. The fraction of sp³-hybridized carbons (Fsp3) is 0.417. The van der Waals surface area contributed by atoms with E-state index in [9.17, 15) is 4.79 Å². The number of benzene rings is 1. The molecule has 1 aromatic carbocycles. The molecule has 0 heterocycles. The first-order chi connectivity index (χ1) is 7.38. The van der Waals surface area contributed by atoms with Gasteiger partial charge in [-0.3, -0.25) is 0 Å². The molecule has 88 valence electrons. The van der Waals surface area contributed by atoms with Crippen LogP contribution in [0.25, 0.3) is 0 Å². The molecule has 0 radical (unpaired) electrons. The van der Waals surface area contributed by atoms with Crippen LogP contribution in [0.15, 0.2) is 28.7 Å². The largest absolute Gasteiger partial charge is 0.462 e. The van der Waals surface area contributed by atoms with Crippen molar-refractivity contribution in [3.8, 4) is 0 Å². The molecule has 0 fully saturated rings. The molecule has 0 spiro atoms. The van der Waals surface area contributed by atoms with Gasteiger partial charge in [0.05, 0.1) is 12.2 Å². The molecule has 0 aliphatic carbocycles. The van der Waals surface area contributed by atoms with Crippen LogP contribution in [0.5, 0.6) is 0 Å². The van der Waals surface area contributed by atoms with E-state index in [0.29, 0.717) is 12.2 Å². The Hall–Kier alpha value is -0.613. The number of rotatable bonds is 4. The molecule has 0 aromatic heterocycles. The molecule has 0 aliphatic heterocycles. The van der Waals surface area contributed by atoms with Crippen molar-refractivity contribution < 1.29 is 9.53 Å². The highest BCUT2D eigenvalue weighted by Gasteiger charge is 2.14. The molecule has 16 heavy (non-hydrogen) atoms. The van der Waals surface area contributed by atoms with Crippen LogP contribution in [0, 0.1) is 0 Å². The van der Waals surface area contributed by atoms with E-state index >= 15 is 0 Å². The summed E-state index contributed by atoms with van der Waals surface area (Å²) in [5.41, 5.74) is 0.610. The van der Waals surface area contributed by atoms with Crippen molar-refractivity contribution in [3.63, 3.8) is 0 Å². The Balaban J connectivity index is 2.44. The second-order valence-electron chi connectivity index (χ2n) is 4.95. The summed E-state index contributed by atoms with van der Waals surface area (Å²) in [5, 5.41) is 0. The SMILES string of the molecule is C[Si](C)(C)CCOC(=O)c1ccc(Br)cc1. The molecule has 1 aromatic rings. The van der Waals surface area contributed by atoms with Gasteiger partial charge in [-0.2, -0.15) is 0 Å². The highest BCUT2D eigenvalue weighted by molar-refractivity contribution is 9.10. The molecule has 4 heteroatoms. The molecular formula is C12H17BrO2Si. The van der Waals surface area contributed by atoms with Gasteiger partial charge in [0.2, 0.25) is 0 Å². The molecule has 0 atom stereocenters. The van der Waals surface area contributed by atoms with Crippen molar-refractivity contribution >= 4 is 30.0 Å². The highest BCUT2D eigenvalue weighted by atomic mass is 79.9. The van der Waals surface area contributed by atoms with Gasteiger partial charge in [0.15, 0.2) is 0 Å². The van der Waals surface area contributed by atoms with E-state index in [4.69, 9.17) is 4.74 Å². The van der Waals surface area contributed by atoms with E-state index in [1.807, 2.05) is 12.1 Å². The van der Waals surface area contributed by atoms with Gasteiger partial charge < -0.3 is 4.74 Å². The topological polar surface area (TPSA) is 26.3 Å². The zero-order valence-electron chi connectivity index (χ0n) is 9.92. The minimum Gasteiger partial charge on any atom is -0.462 e. The molecular weight excluding hydrogens is 284 g/mol. The predicted molar refractivity (Wildman–Crippen MR) is 72.6 cm³/mol. The van der Waals surface area contributed by atoms with Crippen molar-refractivity contribution in [1.29, 1.82) is 0 Å². The van der Waals surface area contributed by atoms with Gasteiger partial charge in [-0.25, -0.2) is 4.79 Å². The minimum atomic E-state index is -1.12. The summed E-state index contributed by atoms with van der Waals surface area (Å²) < 4.78 is 6.19. The monoisotopic (exact) mass is 300 g/mol. The van der Waals surface area contributed by atoms with Crippen molar-refractivity contribution in [2.24, 2.45) is 0 Å². The van der Waals surface area contributed by atoms with Gasteiger partial charge in [0.1, 0.15) is 0 Å². The van der Waals surface area contributed by atoms with Gasteiger partial charge in [-0.15, -0.1) is 0 Å². The molecule has 0 aliphatic rings. The van der Waals surface area contributed by atoms with E-state index in [1.54, 1.807) is 12.1 Å². The third-order valence-corrected chi connectivity index (χ3v) is 4.40. The van der Waals surface area contributed by atoms with Gasteiger partial charge >= 0.3 is 5.97 Å². The molecule has 0 unspecified atom stereocenters. The Kier molecular flexibility index (Phi) is 4.74. The van der Waals surface area contributed by atoms with E-state index in [2.05, 4.69) is 35.6 Å². The summed E-state index contributed by atoms with van der Waals surface area (Å²) in [4.78, 5) is 11.6. The second kappa shape index (κ2) is 5.64. The molecule has 0 amide bonds. The van der Waals surface area contributed by atoms with Crippen LogP contribution >= 0.6 is 15.9 Å². The quantitative estimate of drug-likeness (QED) is 0.622. The van der Waals surface area contributed by atoms with Crippen LogP contribution in [0.4, 0.5) is 0 Å². The maximum absolute atomic E-state index is 11.6. The zero-order valence-corrected chi connectivity index (χ0v) is 12.5. The van der Waals surface area contributed by atoms with Crippen LogP contribution in [-0.2, 0) is 4.74 Å². The number of ether oxygens (including phenoxy) is 1. The smallest absolute Gasteiger partial charge is 0.338 e. The summed E-state index contributed by atoms with van der Waals surface area (Å²) >= 11 is 3.33. The van der Waals surface area contributed by atoms with E-state index in [-0.39, 0.29) is 5.97 Å². The fourth-order valence-electron chi connectivity index (χ4n) is 1.12. The van der Waals surface area contributed by atoms with E-state index in [1.165, 1.54) is 0 Å². The number of halogens is 1. The van der Waals surface area contributed by atoms with Crippen LogP contribution in [0.2, 0.25) is 25.7 Å². The lowest BCUT2D eigenvalue weighted by Gasteiger charge is -2.15. The van der Waals surface area contributed by atoms with Gasteiger partial charge in [-0.05, 0) is 30.3 Å². The normalized spacial score (nSPS) is 11.2. The highest BCUT2D eigenvalue weighted by Crippen LogP contribution is 2.12. The summed E-state index contributed by atoms with van der Waals surface area (Å²) in [6.07, 6.45) is 0. The van der Waals surface area contributed by atoms with Gasteiger partial charge in [-0.1, -0.05) is 35.6 Å². The molecule has 0 saturated heterocycles. The summed E-state index contributed by atoms with van der Waals surface area (Å²) in [7, 11) is -1.12. The first-order valence-corrected chi connectivity index (χ1v) is 9.81. The van der Waals surface area contributed by atoms with Gasteiger partial charge in [0.25, 0.3) is 0 Å². The Labute approximate surface area is 106 Å². The minimum absolute atomic E-state index is 0.231. The standard InChI is InChI=1S/C12H17BrO2Si/c1-16(2,3)9-8-15-12(14)10-4-6-11(13)7-5-10/h4-7H,8-9H2,1-3H3. The summed E-state index contributed by atoms with van der Waals surface area (Å²) in [6, 6.07) is 8.22. The Bertz CT molecular complexity index is 354. The summed E-state index contributed by atoms with van der Waals surface area (Å²) in [6.45, 7) is 7.33. The number of carbonyl (C=O) groups excluding carboxylic acids is 1. The van der Waals surface area contributed by atoms with Crippen molar-refractivity contribution in [3.05, 3.63) is 34.3 Å². The molecule has 2 nitrogen and oxygen atoms in total. The first-order valence-electron chi connectivity index (χ1n) is 5.31. The average molecular weight is 301 g/mol. The lowest BCUT2D eigenvalue weighted by atomic mass is 10.2. The lowest BCUT2D eigenvalue weighted by molar-refractivity contribution is 0.0525. The van der Waals surface area contributed by atoms with Crippen LogP contribution in [0.1, 0.15) is 10.4 Å². The van der Waals surface area contributed by atoms with Crippen molar-refractivity contribution in [2.75, 3.05) is 6.61 Å². The second-order valence-corrected chi connectivity index (χ2v) is 11.5. The van der Waals surface area contributed by atoms with Crippen molar-refractivity contribution in [2.45, 2.75) is 25.7 Å². The Morgan fingerprint density at radius 3 is 2.31 bits per heavy atom. The number of hydrogen-bond acceptors (Lipinski definition) is 2. The van der Waals surface area contributed by atoms with Gasteiger partial charge in [0, 0.05) is 12.5 Å². The van der Waals surface area contributed by atoms with Crippen LogP contribution in [-0.4, -0.2) is 20.7 Å². The van der Waals surface area contributed by atoms with Crippen molar-refractivity contribution in [1.82, 2.24) is 0 Å². The van der Waals surface area contributed by atoms with Crippen LogP contribution < -0.4 is 0 Å². The third-order valence-electron chi connectivity index (χ3n) is 2.17. The third kappa shape index (κ3) is 4.94. The van der Waals surface area contributed by atoms with E-state index < -0.39 is 8.07 Å². The predicted octanol–water partition coefficient (Wildman–Crippen LogP) is 3.94. The molecule has 0 N–H and O–H groups in total. The first kappa shape index (κ1) is 13.5. The maximum Gasteiger partial charge on any atom is 0.338 e. The maximum atomic E-state index is 11.6. The average Bonchev–Trinajstić information content (AvgIpc) is 2.16. The molecule has 1 rings (SSSR count). The van der Waals surface area contributed by atoms with E-state index in [0.717, 1.165) is 10.5 Å². The van der Waals surface area contributed by atoms with Crippen LogP contribution in [0.3, 0.4) is 0 Å². The number of carbonyl (C=O) groups is 1. The number of esters is 1. The Morgan fingerprint density at radius 1 is 1.25 bits per heavy atom. The summed E-state index contributed by atoms with van der Waals surface area (Å²) in [5.74, 6) is -0.231.